The average Bonchev–Trinajstić information content (AvgIpc) is 2.70. The molecule has 0 aromatic heterocycles. The third-order valence-corrected chi connectivity index (χ3v) is 5.26. The molecule has 0 radical (unpaired) electrons. The van der Waals surface area contributed by atoms with E-state index in [1.807, 2.05) is 39.0 Å². The molecule has 31 heavy (non-hydrogen) atoms. The molecule has 0 saturated heterocycles. The Morgan fingerprint density at radius 2 is 1.94 bits per heavy atom. The van der Waals surface area contributed by atoms with Gasteiger partial charge in [0.2, 0.25) is 0 Å². The van der Waals surface area contributed by atoms with Crippen molar-refractivity contribution in [3.8, 4) is 5.75 Å². The lowest BCUT2D eigenvalue weighted by molar-refractivity contribution is -0.123. The molecular weight excluding hydrogens is 505 g/mol. The molecule has 2 aromatic carbocycles. The van der Waals surface area contributed by atoms with Gasteiger partial charge in [0.1, 0.15) is 11.8 Å². The van der Waals surface area contributed by atoms with Crippen LogP contribution < -0.4 is 15.5 Å². The van der Waals surface area contributed by atoms with Gasteiger partial charge in [-0.2, -0.15) is 5.10 Å². The Bertz CT molecular complexity index is 967. The maximum Gasteiger partial charge on any atom is 0.262 e. The number of carbonyl (C=O) groups is 2. The van der Waals surface area contributed by atoms with Crippen molar-refractivity contribution in [3.63, 3.8) is 0 Å². The Morgan fingerprint density at radius 1 is 1.19 bits per heavy atom. The predicted octanol–water partition coefficient (Wildman–Crippen LogP) is 5.45. The Labute approximate surface area is 200 Å². The quantitative estimate of drug-likeness (QED) is 0.335. The van der Waals surface area contributed by atoms with Gasteiger partial charge in [-0.1, -0.05) is 59.9 Å². The molecule has 0 spiro atoms. The Hall–Kier alpha value is -2.09. The number of rotatable bonds is 9. The molecule has 166 valence electrons. The number of nitrogens with one attached hydrogen (secondary N) is 2. The average molecular weight is 529 g/mol. The molecule has 0 aliphatic carbocycles. The topological polar surface area (TPSA) is 79.8 Å². The standard InChI is InChI=1S/C22H24BrCl2N3O3/c1-4-9-31-19-8-5-15(23)10-14(19)12-26-28-22(30)20(13(2)3)27-21(29)17-7-6-16(24)11-18(17)25/h5-8,10-13,20H,4,9H2,1-3H3,(H,27,29)(H,28,30). The highest BCUT2D eigenvalue weighted by Crippen LogP contribution is 2.22. The van der Waals surface area contributed by atoms with E-state index in [1.54, 1.807) is 6.07 Å². The molecule has 2 amide bonds. The molecule has 0 bridgehead atoms. The Morgan fingerprint density at radius 3 is 2.58 bits per heavy atom. The van der Waals surface area contributed by atoms with Crippen molar-refractivity contribution in [1.82, 2.24) is 10.7 Å². The highest BCUT2D eigenvalue weighted by molar-refractivity contribution is 9.10. The SMILES string of the molecule is CCCOc1ccc(Br)cc1C=NNC(=O)C(NC(=O)c1ccc(Cl)cc1Cl)C(C)C. The first-order valence-corrected chi connectivity index (χ1v) is 11.3. The molecular formula is C22H24BrCl2N3O3. The zero-order chi connectivity index (χ0) is 23.0. The zero-order valence-electron chi connectivity index (χ0n) is 17.4. The largest absolute Gasteiger partial charge is 0.493 e. The van der Waals surface area contributed by atoms with Gasteiger partial charge in [0.05, 0.1) is 23.4 Å². The fraction of sp³-hybridized carbons (Fsp3) is 0.318. The van der Waals surface area contributed by atoms with Crippen LogP contribution in [0.2, 0.25) is 10.0 Å². The normalized spacial score (nSPS) is 12.1. The fourth-order valence-corrected chi connectivity index (χ4v) is 3.50. The summed E-state index contributed by atoms with van der Waals surface area (Å²) in [6, 6.07) is 9.28. The molecule has 0 aliphatic heterocycles. The van der Waals surface area contributed by atoms with Crippen LogP contribution in [0.4, 0.5) is 0 Å². The summed E-state index contributed by atoms with van der Waals surface area (Å²) >= 11 is 15.4. The summed E-state index contributed by atoms with van der Waals surface area (Å²) in [6.07, 6.45) is 2.37. The molecule has 2 aromatic rings. The van der Waals surface area contributed by atoms with E-state index in [2.05, 4.69) is 31.8 Å². The van der Waals surface area contributed by atoms with Gasteiger partial charge in [-0.05, 0) is 48.7 Å². The lowest BCUT2D eigenvalue weighted by Crippen LogP contribution is -2.48. The van der Waals surface area contributed by atoms with Crippen molar-refractivity contribution in [2.24, 2.45) is 11.0 Å². The molecule has 6 nitrogen and oxygen atoms in total. The fourth-order valence-electron chi connectivity index (χ4n) is 2.63. The first kappa shape index (κ1) is 25.2. The number of benzene rings is 2. The van der Waals surface area contributed by atoms with Gasteiger partial charge < -0.3 is 10.1 Å². The van der Waals surface area contributed by atoms with E-state index < -0.39 is 17.9 Å². The van der Waals surface area contributed by atoms with Crippen LogP contribution in [0.15, 0.2) is 46.0 Å². The van der Waals surface area contributed by atoms with E-state index in [4.69, 9.17) is 27.9 Å². The first-order valence-electron chi connectivity index (χ1n) is 9.74. The molecule has 0 heterocycles. The van der Waals surface area contributed by atoms with Crippen LogP contribution in [0.5, 0.6) is 5.75 Å². The number of hydrogen-bond donors (Lipinski definition) is 2. The second-order valence-corrected chi connectivity index (χ2v) is 8.84. The van der Waals surface area contributed by atoms with Crippen molar-refractivity contribution in [1.29, 1.82) is 0 Å². The van der Waals surface area contributed by atoms with Crippen molar-refractivity contribution in [2.45, 2.75) is 33.2 Å². The third kappa shape index (κ3) is 7.52. The summed E-state index contributed by atoms with van der Waals surface area (Å²) in [7, 11) is 0. The highest BCUT2D eigenvalue weighted by atomic mass is 79.9. The van der Waals surface area contributed by atoms with Crippen LogP contribution in [0.1, 0.15) is 43.1 Å². The van der Waals surface area contributed by atoms with Crippen molar-refractivity contribution in [3.05, 3.63) is 62.0 Å². The molecule has 0 saturated carbocycles. The number of amides is 2. The van der Waals surface area contributed by atoms with Gasteiger partial charge in [0.15, 0.2) is 0 Å². The summed E-state index contributed by atoms with van der Waals surface area (Å²) in [5.74, 6) is -0.439. The zero-order valence-corrected chi connectivity index (χ0v) is 20.5. The maximum atomic E-state index is 12.7. The summed E-state index contributed by atoms with van der Waals surface area (Å²) < 4.78 is 6.56. The van der Waals surface area contributed by atoms with E-state index in [9.17, 15) is 9.59 Å². The number of hydrogen-bond acceptors (Lipinski definition) is 4. The number of ether oxygens (including phenoxy) is 1. The van der Waals surface area contributed by atoms with Gasteiger partial charge in [-0.3, -0.25) is 9.59 Å². The lowest BCUT2D eigenvalue weighted by Gasteiger charge is -2.20. The minimum absolute atomic E-state index is 0.181. The van der Waals surface area contributed by atoms with Crippen LogP contribution in [0, 0.1) is 5.92 Å². The number of halogens is 3. The van der Waals surface area contributed by atoms with E-state index >= 15 is 0 Å². The van der Waals surface area contributed by atoms with Gasteiger partial charge in [-0.25, -0.2) is 5.43 Å². The van der Waals surface area contributed by atoms with E-state index in [1.165, 1.54) is 18.3 Å². The number of hydrazone groups is 1. The molecule has 9 heteroatoms. The first-order chi connectivity index (χ1) is 14.7. The molecule has 0 aliphatic rings. The minimum atomic E-state index is -0.810. The van der Waals surface area contributed by atoms with Crippen LogP contribution in [-0.2, 0) is 4.79 Å². The van der Waals surface area contributed by atoms with Crippen molar-refractivity contribution < 1.29 is 14.3 Å². The second kappa shape index (κ2) is 12.1. The van der Waals surface area contributed by atoms with E-state index in [0.29, 0.717) is 22.9 Å². The van der Waals surface area contributed by atoms with Crippen LogP contribution >= 0.6 is 39.1 Å². The van der Waals surface area contributed by atoms with Crippen molar-refractivity contribution in [2.75, 3.05) is 6.61 Å². The highest BCUT2D eigenvalue weighted by Gasteiger charge is 2.25. The maximum absolute atomic E-state index is 12.7. The monoisotopic (exact) mass is 527 g/mol. The Kier molecular flexibility index (Phi) is 9.81. The molecule has 2 N–H and O–H groups in total. The number of nitrogens with zero attached hydrogens (tertiary/aromatic N) is 1. The van der Waals surface area contributed by atoms with Gasteiger partial charge in [-0.15, -0.1) is 0 Å². The summed E-state index contributed by atoms with van der Waals surface area (Å²) in [4.78, 5) is 25.3. The lowest BCUT2D eigenvalue weighted by atomic mass is 10.0. The number of carbonyl (C=O) groups excluding carboxylic acids is 2. The van der Waals surface area contributed by atoms with E-state index in [-0.39, 0.29) is 16.5 Å². The van der Waals surface area contributed by atoms with Gasteiger partial charge in [0, 0.05) is 15.1 Å². The molecule has 2 rings (SSSR count). The predicted molar refractivity (Wildman–Crippen MR) is 128 cm³/mol. The van der Waals surface area contributed by atoms with Crippen molar-refractivity contribution >= 4 is 57.2 Å². The molecule has 0 fully saturated rings. The summed E-state index contributed by atoms with van der Waals surface area (Å²) in [5, 5.41) is 7.38. The van der Waals surface area contributed by atoms with Crippen LogP contribution in [-0.4, -0.2) is 30.7 Å². The minimum Gasteiger partial charge on any atom is -0.493 e. The molecule has 1 unspecified atom stereocenters. The van der Waals surface area contributed by atoms with Crippen LogP contribution in [0.3, 0.4) is 0 Å². The van der Waals surface area contributed by atoms with Gasteiger partial charge >= 0.3 is 0 Å². The second-order valence-electron chi connectivity index (χ2n) is 7.08. The third-order valence-electron chi connectivity index (χ3n) is 4.22. The molecule has 1 atom stereocenters. The summed E-state index contributed by atoms with van der Waals surface area (Å²) in [5.41, 5.74) is 3.43. The Balaban J connectivity index is 2.09. The van der Waals surface area contributed by atoms with Crippen LogP contribution in [0.25, 0.3) is 0 Å². The van der Waals surface area contributed by atoms with Gasteiger partial charge in [0.25, 0.3) is 11.8 Å². The van der Waals surface area contributed by atoms with E-state index in [0.717, 1.165) is 10.9 Å². The summed E-state index contributed by atoms with van der Waals surface area (Å²) in [6.45, 7) is 6.24. The smallest absolute Gasteiger partial charge is 0.262 e.